The van der Waals surface area contributed by atoms with Gasteiger partial charge in [-0.25, -0.2) is 9.80 Å². The summed E-state index contributed by atoms with van der Waals surface area (Å²) in [6, 6.07) is 13.9. The minimum absolute atomic E-state index is 0.0474. The van der Waals surface area contributed by atoms with Gasteiger partial charge < -0.3 is 14.4 Å². The van der Waals surface area contributed by atoms with Crippen LogP contribution in [0.25, 0.3) is 6.08 Å². The van der Waals surface area contributed by atoms with E-state index in [0.717, 1.165) is 29.3 Å². The zero-order valence-corrected chi connectivity index (χ0v) is 16.5. The second-order valence-electron chi connectivity index (χ2n) is 6.87. The van der Waals surface area contributed by atoms with Gasteiger partial charge in [-0.1, -0.05) is 12.1 Å². The van der Waals surface area contributed by atoms with Crippen LogP contribution in [0.5, 0.6) is 0 Å². The average molecular weight is 407 g/mol. The zero-order chi connectivity index (χ0) is 21.1. The maximum absolute atomic E-state index is 12.8. The number of amides is 2. The summed E-state index contributed by atoms with van der Waals surface area (Å²) in [4.78, 5) is 38.9. The van der Waals surface area contributed by atoms with Gasteiger partial charge in [0.15, 0.2) is 0 Å². The van der Waals surface area contributed by atoms with E-state index < -0.39 is 17.8 Å². The molecule has 154 valence electrons. The molecule has 2 aliphatic rings. The van der Waals surface area contributed by atoms with E-state index in [-0.39, 0.29) is 5.57 Å². The second kappa shape index (κ2) is 8.38. The van der Waals surface area contributed by atoms with Crippen molar-refractivity contribution in [3.05, 3.63) is 65.2 Å². The molecule has 2 heterocycles. The third kappa shape index (κ3) is 3.90. The van der Waals surface area contributed by atoms with Gasteiger partial charge in [0.05, 0.1) is 31.6 Å². The normalized spacial score (nSPS) is 18.0. The minimum atomic E-state index is -0.477. The van der Waals surface area contributed by atoms with Gasteiger partial charge in [0, 0.05) is 18.8 Å². The van der Waals surface area contributed by atoms with Gasteiger partial charge in [-0.15, -0.1) is 0 Å². The van der Waals surface area contributed by atoms with E-state index in [1.807, 2.05) is 24.3 Å². The lowest BCUT2D eigenvalue weighted by molar-refractivity contribution is -0.117. The Labute approximate surface area is 173 Å². The number of hydrazine groups is 1. The highest BCUT2D eigenvalue weighted by Crippen LogP contribution is 2.23. The van der Waals surface area contributed by atoms with Crippen molar-refractivity contribution in [2.24, 2.45) is 0 Å². The van der Waals surface area contributed by atoms with E-state index in [2.05, 4.69) is 15.1 Å². The van der Waals surface area contributed by atoms with E-state index in [0.29, 0.717) is 24.5 Å². The number of nitrogens with one attached hydrogen (secondary N) is 1. The lowest BCUT2D eigenvalue weighted by Gasteiger charge is -2.28. The predicted molar refractivity (Wildman–Crippen MR) is 111 cm³/mol. The van der Waals surface area contributed by atoms with Crippen LogP contribution in [0.4, 0.5) is 11.4 Å². The Bertz CT molecular complexity index is 992. The number of hydrogen-bond acceptors (Lipinski definition) is 6. The molecule has 2 saturated heterocycles. The van der Waals surface area contributed by atoms with Crippen LogP contribution in [-0.4, -0.2) is 51.2 Å². The van der Waals surface area contributed by atoms with E-state index in [1.54, 1.807) is 18.2 Å². The molecule has 8 heteroatoms. The smallest absolute Gasteiger partial charge is 0.337 e. The van der Waals surface area contributed by atoms with E-state index >= 15 is 0 Å². The van der Waals surface area contributed by atoms with Crippen molar-refractivity contribution < 1.29 is 23.9 Å². The van der Waals surface area contributed by atoms with Crippen LogP contribution in [0.3, 0.4) is 0 Å². The molecular weight excluding hydrogens is 386 g/mol. The molecule has 2 fully saturated rings. The summed E-state index contributed by atoms with van der Waals surface area (Å²) < 4.78 is 10.0. The largest absolute Gasteiger partial charge is 0.465 e. The molecular formula is C22H21N3O5. The SMILES string of the molecule is COC(=O)c1ccc(N2NC(=O)C(=Cc3ccc(N4CCOCC4)cc3)C2=O)cc1. The van der Waals surface area contributed by atoms with Gasteiger partial charge in [-0.3, -0.25) is 15.0 Å². The van der Waals surface area contributed by atoms with Gasteiger partial charge in [-0.2, -0.15) is 0 Å². The summed E-state index contributed by atoms with van der Waals surface area (Å²) in [5, 5.41) is 1.16. The maximum Gasteiger partial charge on any atom is 0.337 e. The fraction of sp³-hybridized carbons (Fsp3) is 0.227. The number of ether oxygens (including phenoxy) is 2. The molecule has 2 aromatic carbocycles. The van der Waals surface area contributed by atoms with Crippen molar-refractivity contribution in [3.63, 3.8) is 0 Å². The maximum atomic E-state index is 12.8. The second-order valence-corrected chi connectivity index (χ2v) is 6.87. The Morgan fingerprint density at radius 3 is 2.27 bits per heavy atom. The van der Waals surface area contributed by atoms with E-state index in [4.69, 9.17) is 4.74 Å². The number of carbonyl (C=O) groups is 3. The van der Waals surface area contributed by atoms with Crippen LogP contribution in [0.2, 0.25) is 0 Å². The number of nitrogens with zero attached hydrogens (tertiary/aromatic N) is 2. The van der Waals surface area contributed by atoms with Crippen molar-refractivity contribution in [2.45, 2.75) is 0 Å². The van der Waals surface area contributed by atoms with Crippen LogP contribution < -0.4 is 15.3 Å². The van der Waals surface area contributed by atoms with Crippen LogP contribution in [0.1, 0.15) is 15.9 Å². The molecule has 2 aromatic rings. The summed E-state index contributed by atoms with van der Waals surface area (Å²) >= 11 is 0. The van der Waals surface area contributed by atoms with Gasteiger partial charge >= 0.3 is 5.97 Å². The molecule has 0 bridgehead atoms. The molecule has 2 amide bonds. The third-order valence-corrected chi connectivity index (χ3v) is 5.02. The van der Waals surface area contributed by atoms with Crippen molar-refractivity contribution in [1.29, 1.82) is 0 Å². The molecule has 1 N–H and O–H groups in total. The number of methoxy groups -OCH3 is 1. The summed E-state index contributed by atoms with van der Waals surface area (Å²) in [5.41, 5.74) is 5.25. The standard InChI is InChI=1S/C22H21N3O5/c1-29-22(28)16-4-8-18(9-5-16)25-21(27)19(20(26)23-25)14-15-2-6-17(7-3-15)24-10-12-30-13-11-24/h2-9,14H,10-13H2,1H3,(H,23,26). The molecule has 4 rings (SSSR count). The van der Waals surface area contributed by atoms with Gasteiger partial charge in [0.1, 0.15) is 5.57 Å². The topological polar surface area (TPSA) is 88.2 Å². The number of rotatable bonds is 4. The monoisotopic (exact) mass is 407 g/mol. The molecule has 2 aliphatic heterocycles. The molecule has 0 atom stereocenters. The van der Waals surface area contributed by atoms with Crippen molar-refractivity contribution in [2.75, 3.05) is 43.3 Å². The Hall–Kier alpha value is -3.65. The molecule has 0 saturated carbocycles. The molecule has 0 spiro atoms. The van der Waals surface area contributed by atoms with Crippen molar-refractivity contribution in [1.82, 2.24) is 5.43 Å². The Morgan fingerprint density at radius 2 is 1.63 bits per heavy atom. The van der Waals surface area contributed by atoms with Crippen molar-refractivity contribution >= 4 is 35.2 Å². The third-order valence-electron chi connectivity index (χ3n) is 5.02. The summed E-state index contributed by atoms with van der Waals surface area (Å²) in [6.07, 6.45) is 1.57. The molecule has 30 heavy (non-hydrogen) atoms. The Morgan fingerprint density at radius 1 is 1.00 bits per heavy atom. The van der Waals surface area contributed by atoms with Crippen LogP contribution >= 0.6 is 0 Å². The first-order valence-corrected chi connectivity index (χ1v) is 9.55. The first-order chi connectivity index (χ1) is 14.6. The van der Waals surface area contributed by atoms with Crippen LogP contribution in [-0.2, 0) is 19.1 Å². The number of carbonyl (C=O) groups excluding carboxylic acids is 3. The van der Waals surface area contributed by atoms with Crippen LogP contribution in [0.15, 0.2) is 54.1 Å². The van der Waals surface area contributed by atoms with Gasteiger partial charge in [0.2, 0.25) is 0 Å². The van der Waals surface area contributed by atoms with Gasteiger partial charge in [-0.05, 0) is 48.0 Å². The Kier molecular flexibility index (Phi) is 5.49. The van der Waals surface area contributed by atoms with E-state index in [9.17, 15) is 14.4 Å². The number of benzene rings is 2. The minimum Gasteiger partial charge on any atom is -0.465 e. The fourth-order valence-corrected chi connectivity index (χ4v) is 3.37. The number of esters is 1. The molecule has 0 unspecified atom stereocenters. The first-order valence-electron chi connectivity index (χ1n) is 9.55. The van der Waals surface area contributed by atoms with E-state index in [1.165, 1.54) is 19.2 Å². The highest BCUT2D eigenvalue weighted by Gasteiger charge is 2.34. The summed E-state index contributed by atoms with van der Waals surface area (Å²) in [6.45, 7) is 3.09. The molecule has 0 radical (unpaired) electrons. The molecule has 0 aliphatic carbocycles. The van der Waals surface area contributed by atoms with Gasteiger partial charge in [0.25, 0.3) is 11.8 Å². The first kappa shape index (κ1) is 19.7. The highest BCUT2D eigenvalue weighted by molar-refractivity contribution is 6.31. The number of hydrogen-bond donors (Lipinski definition) is 1. The lowest BCUT2D eigenvalue weighted by Crippen LogP contribution is -2.36. The lowest BCUT2D eigenvalue weighted by atomic mass is 10.1. The summed E-state index contributed by atoms with van der Waals surface area (Å²) in [7, 11) is 1.30. The number of anilines is 2. The quantitative estimate of drug-likeness (QED) is 0.472. The van der Waals surface area contributed by atoms with Crippen LogP contribution in [0, 0.1) is 0 Å². The highest BCUT2D eigenvalue weighted by atomic mass is 16.5. The Balaban J connectivity index is 1.51. The molecule has 0 aromatic heterocycles. The fourth-order valence-electron chi connectivity index (χ4n) is 3.37. The number of morpholine rings is 1. The predicted octanol–water partition coefficient (Wildman–Crippen LogP) is 1.77. The summed E-state index contributed by atoms with van der Waals surface area (Å²) in [5.74, 6) is -1.41. The van der Waals surface area contributed by atoms with Crippen molar-refractivity contribution in [3.8, 4) is 0 Å². The molecule has 8 nitrogen and oxygen atoms in total. The zero-order valence-electron chi connectivity index (χ0n) is 16.5. The average Bonchev–Trinajstić information content (AvgIpc) is 3.08.